The lowest BCUT2D eigenvalue weighted by atomic mass is 10.2. The standard InChI is InChI=1S/C22H27N3O7S/c1-30-18-9-7-16(13-17(18)25-10-4-5-11-33(25,28)29)24-22(27)21(26)23-14-15-6-8-19(31-2)20(12-15)32-3/h6-9,12-13H,4-5,10-11,14H2,1-3H3,(H,23,26)(H,24,27). The number of anilines is 2. The van der Waals surface area contributed by atoms with Gasteiger partial charge in [0.15, 0.2) is 11.5 Å². The van der Waals surface area contributed by atoms with Gasteiger partial charge in [0, 0.05) is 18.8 Å². The summed E-state index contributed by atoms with van der Waals surface area (Å²) in [6, 6.07) is 9.73. The van der Waals surface area contributed by atoms with Crippen LogP contribution in [0.2, 0.25) is 0 Å². The predicted molar refractivity (Wildman–Crippen MR) is 123 cm³/mol. The summed E-state index contributed by atoms with van der Waals surface area (Å²) < 4.78 is 42.0. The van der Waals surface area contributed by atoms with Gasteiger partial charge in [-0.15, -0.1) is 0 Å². The smallest absolute Gasteiger partial charge is 0.313 e. The van der Waals surface area contributed by atoms with Crippen LogP contribution >= 0.6 is 0 Å². The highest BCUT2D eigenvalue weighted by Crippen LogP contribution is 2.35. The maximum absolute atomic E-state index is 12.5. The Bertz CT molecular complexity index is 1130. The largest absolute Gasteiger partial charge is 0.495 e. The first-order valence-corrected chi connectivity index (χ1v) is 11.9. The van der Waals surface area contributed by atoms with Crippen molar-refractivity contribution in [2.24, 2.45) is 0 Å². The summed E-state index contributed by atoms with van der Waals surface area (Å²) in [6.07, 6.45) is 1.31. The van der Waals surface area contributed by atoms with Gasteiger partial charge in [0.2, 0.25) is 10.0 Å². The molecule has 0 saturated carbocycles. The molecule has 0 aromatic heterocycles. The van der Waals surface area contributed by atoms with Crippen molar-refractivity contribution in [3.05, 3.63) is 42.0 Å². The molecule has 1 saturated heterocycles. The first-order valence-electron chi connectivity index (χ1n) is 10.3. The highest BCUT2D eigenvalue weighted by Gasteiger charge is 2.28. The Kier molecular flexibility index (Phi) is 7.64. The van der Waals surface area contributed by atoms with Gasteiger partial charge in [-0.1, -0.05) is 6.07 Å². The van der Waals surface area contributed by atoms with Crippen molar-refractivity contribution in [3.63, 3.8) is 0 Å². The van der Waals surface area contributed by atoms with E-state index in [4.69, 9.17) is 14.2 Å². The number of benzene rings is 2. The first kappa shape index (κ1) is 24.2. The molecule has 11 heteroatoms. The summed E-state index contributed by atoms with van der Waals surface area (Å²) in [6.45, 7) is 0.425. The number of nitrogens with one attached hydrogen (secondary N) is 2. The van der Waals surface area contributed by atoms with E-state index in [1.54, 1.807) is 30.3 Å². The van der Waals surface area contributed by atoms with Crippen LogP contribution < -0.4 is 29.1 Å². The van der Waals surface area contributed by atoms with Crippen molar-refractivity contribution in [3.8, 4) is 17.2 Å². The van der Waals surface area contributed by atoms with Crippen LogP contribution in [0.5, 0.6) is 17.2 Å². The minimum Gasteiger partial charge on any atom is -0.495 e. The minimum absolute atomic E-state index is 0.0469. The molecule has 2 aromatic rings. The molecule has 3 rings (SSSR count). The molecule has 10 nitrogen and oxygen atoms in total. The van der Waals surface area contributed by atoms with Crippen LogP contribution in [0.3, 0.4) is 0 Å². The van der Waals surface area contributed by atoms with Gasteiger partial charge in [-0.05, 0) is 48.7 Å². The van der Waals surface area contributed by atoms with Gasteiger partial charge in [-0.3, -0.25) is 13.9 Å². The van der Waals surface area contributed by atoms with Gasteiger partial charge in [0.1, 0.15) is 5.75 Å². The summed E-state index contributed by atoms with van der Waals surface area (Å²) in [5, 5.41) is 5.05. The molecule has 178 valence electrons. The molecule has 33 heavy (non-hydrogen) atoms. The molecule has 1 aliphatic rings. The van der Waals surface area contributed by atoms with Crippen LogP contribution in [-0.4, -0.2) is 53.9 Å². The van der Waals surface area contributed by atoms with Crippen LogP contribution in [0, 0.1) is 0 Å². The van der Waals surface area contributed by atoms with Crippen molar-refractivity contribution in [1.82, 2.24) is 5.32 Å². The molecule has 2 amide bonds. The molecule has 1 fully saturated rings. The van der Waals surface area contributed by atoms with Gasteiger partial charge < -0.3 is 24.8 Å². The fourth-order valence-corrected chi connectivity index (χ4v) is 5.10. The Hall–Kier alpha value is -3.47. The molecule has 0 bridgehead atoms. The molecule has 0 radical (unpaired) electrons. The zero-order chi connectivity index (χ0) is 24.0. The molecular weight excluding hydrogens is 450 g/mol. The molecule has 0 unspecified atom stereocenters. The Morgan fingerprint density at radius 2 is 1.61 bits per heavy atom. The molecule has 1 heterocycles. The fraction of sp³-hybridized carbons (Fsp3) is 0.364. The molecular formula is C22H27N3O7S. The van der Waals surface area contributed by atoms with Crippen molar-refractivity contribution >= 4 is 33.2 Å². The number of amides is 2. The maximum Gasteiger partial charge on any atom is 0.313 e. The Morgan fingerprint density at radius 3 is 2.27 bits per heavy atom. The molecule has 2 N–H and O–H groups in total. The molecule has 0 atom stereocenters. The van der Waals surface area contributed by atoms with Crippen LogP contribution in [-0.2, 0) is 26.2 Å². The zero-order valence-electron chi connectivity index (χ0n) is 18.7. The van der Waals surface area contributed by atoms with Crippen molar-refractivity contribution in [1.29, 1.82) is 0 Å². The Labute approximate surface area is 192 Å². The van der Waals surface area contributed by atoms with Crippen LogP contribution in [0.1, 0.15) is 18.4 Å². The van der Waals surface area contributed by atoms with E-state index in [0.29, 0.717) is 35.9 Å². The second-order valence-electron chi connectivity index (χ2n) is 7.31. The third kappa shape index (κ3) is 5.67. The highest BCUT2D eigenvalue weighted by atomic mass is 32.2. The van der Waals surface area contributed by atoms with Crippen LogP contribution in [0.15, 0.2) is 36.4 Å². The van der Waals surface area contributed by atoms with E-state index in [1.165, 1.54) is 31.7 Å². The van der Waals surface area contributed by atoms with E-state index < -0.39 is 21.8 Å². The lowest BCUT2D eigenvalue weighted by molar-refractivity contribution is -0.136. The average Bonchev–Trinajstić information content (AvgIpc) is 2.81. The number of hydrogen-bond acceptors (Lipinski definition) is 7. The topological polar surface area (TPSA) is 123 Å². The van der Waals surface area contributed by atoms with Gasteiger partial charge in [-0.2, -0.15) is 0 Å². The predicted octanol–water partition coefficient (Wildman–Crippen LogP) is 1.90. The van der Waals surface area contributed by atoms with Gasteiger partial charge in [0.05, 0.1) is 32.8 Å². The van der Waals surface area contributed by atoms with E-state index in [2.05, 4.69) is 10.6 Å². The quantitative estimate of drug-likeness (QED) is 0.584. The van der Waals surface area contributed by atoms with Crippen LogP contribution in [0.4, 0.5) is 11.4 Å². The Morgan fingerprint density at radius 1 is 0.909 bits per heavy atom. The normalized spacial score (nSPS) is 14.8. The molecule has 0 aliphatic carbocycles. The summed E-state index contributed by atoms with van der Waals surface area (Å²) in [5.74, 6) is -0.258. The van der Waals surface area contributed by atoms with E-state index in [0.717, 1.165) is 12.0 Å². The van der Waals surface area contributed by atoms with E-state index in [-0.39, 0.29) is 18.0 Å². The van der Waals surface area contributed by atoms with E-state index >= 15 is 0 Å². The number of hydrogen-bond donors (Lipinski definition) is 2. The number of ether oxygens (including phenoxy) is 3. The van der Waals surface area contributed by atoms with Gasteiger partial charge in [0.25, 0.3) is 0 Å². The number of carbonyl (C=O) groups is 2. The third-order valence-electron chi connectivity index (χ3n) is 5.16. The summed E-state index contributed by atoms with van der Waals surface area (Å²) >= 11 is 0. The van der Waals surface area contributed by atoms with Crippen molar-refractivity contribution in [2.45, 2.75) is 19.4 Å². The van der Waals surface area contributed by atoms with Crippen molar-refractivity contribution < 1.29 is 32.2 Å². The van der Waals surface area contributed by atoms with Crippen LogP contribution in [0.25, 0.3) is 0 Å². The lowest BCUT2D eigenvalue weighted by Crippen LogP contribution is -2.38. The summed E-state index contributed by atoms with van der Waals surface area (Å²) in [4.78, 5) is 24.7. The average molecular weight is 478 g/mol. The van der Waals surface area contributed by atoms with E-state index in [9.17, 15) is 18.0 Å². The molecule has 0 spiro atoms. The fourth-order valence-electron chi connectivity index (χ4n) is 3.46. The first-order chi connectivity index (χ1) is 15.8. The number of methoxy groups -OCH3 is 3. The maximum atomic E-state index is 12.5. The SMILES string of the molecule is COc1ccc(CNC(=O)C(=O)Nc2ccc(OC)c(N3CCCCS3(=O)=O)c2)cc1OC. The number of nitrogens with zero attached hydrogens (tertiary/aromatic N) is 1. The third-order valence-corrected chi connectivity index (χ3v) is 7.02. The van der Waals surface area contributed by atoms with Crippen molar-refractivity contribution in [2.75, 3.05) is 43.2 Å². The second kappa shape index (κ2) is 10.4. The number of rotatable bonds is 7. The second-order valence-corrected chi connectivity index (χ2v) is 9.32. The van der Waals surface area contributed by atoms with Gasteiger partial charge in [-0.25, -0.2) is 8.42 Å². The lowest BCUT2D eigenvalue weighted by Gasteiger charge is -2.29. The molecule has 2 aromatic carbocycles. The summed E-state index contributed by atoms with van der Waals surface area (Å²) in [5.41, 5.74) is 1.31. The zero-order valence-corrected chi connectivity index (χ0v) is 19.5. The minimum atomic E-state index is -3.48. The molecule has 1 aliphatic heterocycles. The number of sulfonamides is 1. The summed E-state index contributed by atoms with van der Waals surface area (Å²) in [7, 11) is 0.990. The monoisotopic (exact) mass is 477 g/mol. The Balaban J connectivity index is 1.69. The highest BCUT2D eigenvalue weighted by molar-refractivity contribution is 7.92. The van der Waals surface area contributed by atoms with Gasteiger partial charge >= 0.3 is 11.8 Å². The number of carbonyl (C=O) groups excluding carboxylic acids is 2. The van der Waals surface area contributed by atoms with E-state index in [1.807, 2.05) is 0 Å².